The second-order valence-corrected chi connectivity index (χ2v) is 3.76. The number of Topliss-reactive ketones (excluding diaryl/α,β-unsaturated/α-hetero) is 1. The summed E-state index contributed by atoms with van der Waals surface area (Å²) in [5.41, 5.74) is 1.48. The van der Waals surface area contributed by atoms with Crippen molar-refractivity contribution in [2.75, 3.05) is 6.67 Å². The molecule has 0 bridgehead atoms. The molecule has 1 aromatic heterocycles. The first-order valence-electron chi connectivity index (χ1n) is 5.43. The molecule has 0 radical (unpaired) electrons. The minimum absolute atomic E-state index is 0.402. The number of nitrogens with zero attached hydrogens (tertiary/aromatic N) is 1. The van der Waals surface area contributed by atoms with Crippen LogP contribution in [0.1, 0.15) is 16.1 Å². The monoisotopic (exact) mass is 230 g/mol. The third-order valence-corrected chi connectivity index (χ3v) is 2.54. The van der Waals surface area contributed by atoms with Gasteiger partial charge in [0.05, 0.1) is 0 Å². The molecule has 0 aliphatic carbocycles. The Balaban J connectivity index is 2.30. The van der Waals surface area contributed by atoms with Crippen LogP contribution in [0.4, 0.5) is 4.39 Å². The first-order chi connectivity index (χ1) is 8.31. The quantitative estimate of drug-likeness (QED) is 0.582. The summed E-state index contributed by atoms with van der Waals surface area (Å²) in [6, 6.07) is 15.0. The lowest BCUT2D eigenvalue weighted by Gasteiger charge is -2.01. The first kappa shape index (κ1) is 11.5. The molecule has 2 rings (SSSR count). The number of aromatic nitrogens is 1. The summed E-state index contributed by atoms with van der Waals surface area (Å²) < 4.78 is 14.2. The summed E-state index contributed by atoms with van der Waals surface area (Å²) >= 11 is 0. The van der Waals surface area contributed by atoms with Crippen molar-refractivity contribution >= 4 is 5.78 Å². The number of pyridine rings is 1. The lowest BCUT2D eigenvalue weighted by atomic mass is 10.2. The molecule has 86 valence electrons. The van der Waals surface area contributed by atoms with Crippen LogP contribution < -0.4 is 4.57 Å². The summed E-state index contributed by atoms with van der Waals surface area (Å²) in [7, 11) is 0. The number of hydrogen-bond donors (Lipinski definition) is 0. The Labute approximate surface area is 99.3 Å². The van der Waals surface area contributed by atoms with Gasteiger partial charge in [0.15, 0.2) is 19.4 Å². The van der Waals surface area contributed by atoms with E-state index < -0.39 is 12.5 Å². The predicted molar refractivity (Wildman–Crippen MR) is 62.5 cm³/mol. The Hall–Kier alpha value is -2.03. The van der Waals surface area contributed by atoms with Crippen molar-refractivity contribution in [1.82, 2.24) is 0 Å². The Morgan fingerprint density at radius 3 is 2.47 bits per heavy atom. The smallest absolute Gasteiger partial charge is 0.257 e. The number of alkyl halides is 1. The van der Waals surface area contributed by atoms with Crippen molar-refractivity contribution < 1.29 is 13.8 Å². The van der Waals surface area contributed by atoms with Gasteiger partial charge in [0, 0.05) is 17.7 Å². The molecule has 1 heterocycles. The zero-order valence-corrected chi connectivity index (χ0v) is 9.34. The standard InChI is InChI=1S/C14H13FNO/c15-10-14(17)13-8-4-5-9-16(13)11-12-6-2-1-3-7-12/h1-9H,10-11H2/q+1. The van der Waals surface area contributed by atoms with E-state index in [-0.39, 0.29) is 0 Å². The van der Waals surface area contributed by atoms with Gasteiger partial charge in [0.25, 0.3) is 11.5 Å². The van der Waals surface area contributed by atoms with Gasteiger partial charge in [-0.05, 0) is 6.07 Å². The summed E-state index contributed by atoms with van der Waals surface area (Å²) in [6.07, 6.45) is 1.79. The Kier molecular flexibility index (Phi) is 3.60. The van der Waals surface area contributed by atoms with Gasteiger partial charge in [-0.15, -0.1) is 0 Å². The molecule has 0 amide bonds. The van der Waals surface area contributed by atoms with Gasteiger partial charge >= 0.3 is 0 Å². The number of rotatable bonds is 4. The van der Waals surface area contributed by atoms with Gasteiger partial charge < -0.3 is 0 Å². The summed E-state index contributed by atoms with van der Waals surface area (Å²) in [4.78, 5) is 11.4. The molecule has 0 N–H and O–H groups in total. The fourth-order valence-electron chi connectivity index (χ4n) is 1.72. The summed E-state index contributed by atoms with van der Waals surface area (Å²) in [6.45, 7) is -0.387. The maximum Gasteiger partial charge on any atom is 0.257 e. The van der Waals surface area contributed by atoms with Crippen molar-refractivity contribution in [1.29, 1.82) is 0 Å². The van der Waals surface area contributed by atoms with Crippen molar-refractivity contribution in [3.63, 3.8) is 0 Å². The minimum Gasteiger partial charge on any atom is -0.284 e. The average Bonchev–Trinajstić information content (AvgIpc) is 2.40. The largest absolute Gasteiger partial charge is 0.284 e. The van der Waals surface area contributed by atoms with Gasteiger partial charge in [0.2, 0.25) is 0 Å². The lowest BCUT2D eigenvalue weighted by molar-refractivity contribution is -0.690. The third-order valence-electron chi connectivity index (χ3n) is 2.54. The van der Waals surface area contributed by atoms with Crippen LogP contribution in [-0.2, 0) is 6.54 Å². The molecule has 0 aliphatic heterocycles. The van der Waals surface area contributed by atoms with Crippen LogP contribution in [0.2, 0.25) is 0 Å². The van der Waals surface area contributed by atoms with E-state index in [9.17, 15) is 9.18 Å². The van der Waals surface area contributed by atoms with E-state index in [2.05, 4.69) is 0 Å². The molecule has 0 fully saturated rings. The number of ketones is 1. The fraction of sp³-hybridized carbons (Fsp3) is 0.143. The molecule has 0 unspecified atom stereocenters. The van der Waals surface area contributed by atoms with Crippen LogP contribution in [0.15, 0.2) is 54.7 Å². The highest BCUT2D eigenvalue weighted by Crippen LogP contribution is 2.00. The molecular weight excluding hydrogens is 217 g/mol. The normalized spacial score (nSPS) is 10.2. The number of benzene rings is 1. The predicted octanol–water partition coefficient (Wildman–Crippen LogP) is 2.17. The van der Waals surface area contributed by atoms with E-state index in [0.717, 1.165) is 5.56 Å². The van der Waals surface area contributed by atoms with E-state index in [0.29, 0.717) is 12.2 Å². The van der Waals surface area contributed by atoms with E-state index in [4.69, 9.17) is 0 Å². The molecule has 3 heteroatoms. The minimum atomic E-state index is -0.960. The zero-order valence-electron chi connectivity index (χ0n) is 9.34. The molecule has 0 atom stereocenters. The van der Waals surface area contributed by atoms with E-state index in [1.807, 2.05) is 36.4 Å². The van der Waals surface area contributed by atoms with Gasteiger partial charge in [0.1, 0.15) is 0 Å². The Morgan fingerprint density at radius 2 is 1.76 bits per heavy atom. The second-order valence-electron chi connectivity index (χ2n) is 3.76. The number of hydrogen-bond acceptors (Lipinski definition) is 1. The molecule has 0 saturated carbocycles. The van der Waals surface area contributed by atoms with Gasteiger partial charge in [-0.1, -0.05) is 30.3 Å². The SMILES string of the molecule is O=C(CF)c1cccc[n+]1Cc1ccccc1. The van der Waals surface area contributed by atoms with Crippen LogP contribution in [0.5, 0.6) is 0 Å². The lowest BCUT2D eigenvalue weighted by Crippen LogP contribution is -2.40. The highest BCUT2D eigenvalue weighted by atomic mass is 19.1. The fourth-order valence-corrected chi connectivity index (χ4v) is 1.72. The van der Waals surface area contributed by atoms with Crippen molar-refractivity contribution in [3.05, 3.63) is 66.0 Å². The van der Waals surface area contributed by atoms with Crippen LogP contribution in [0, 0.1) is 0 Å². The van der Waals surface area contributed by atoms with Crippen molar-refractivity contribution in [2.24, 2.45) is 0 Å². The van der Waals surface area contributed by atoms with E-state index >= 15 is 0 Å². The topological polar surface area (TPSA) is 20.9 Å². The van der Waals surface area contributed by atoms with Crippen LogP contribution in [-0.4, -0.2) is 12.5 Å². The van der Waals surface area contributed by atoms with Crippen LogP contribution >= 0.6 is 0 Å². The van der Waals surface area contributed by atoms with E-state index in [1.165, 1.54) is 0 Å². The van der Waals surface area contributed by atoms with E-state index in [1.54, 1.807) is 22.9 Å². The maximum atomic E-state index is 12.4. The number of halogens is 1. The van der Waals surface area contributed by atoms with Crippen molar-refractivity contribution in [3.8, 4) is 0 Å². The van der Waals surface area contributed by atoms with Crippen LogP contribution in [0.25, 0.3) is 0 Å². The van der Waals surface area contributed by atoms with Gasteiger partial charge in [-0.3, -0.25) is 4.79 Å². The molecule has 1 aromatic carbocycles. The molecule has 17 heavy (non-hydrogen) atoms. The first-order valence-corrected chi connectivity index (χ1v) is 5.43. The number of carbonyl (C=O) groups excluding carboxylic acids is 1. The Morgan fingerprint density at radius 1 is 1.06 bits per heavy atom. The average molecular weight is 230 g/mol. The molecule has 2 aromatic rings. The molecular formula is C14H13FNO+. The summed E-state index contributed by atoms with van der Waals surface area (Å²) in [5, 5.41) is 0. The third kappa shape index (κ3) is 2.75. The molecule has 0 spiro atoms. The summed E-state index contributed by atoms with van der Waals surface area (Å²) in [5.74, 6) is -0.485. The van der Waals surface area contributed by atoms with Crippen molar-refractivity contribution in [2.45, 2.75) is 6.54 Å². The maximum absolute atomic E-state index is 12.4. The molecule has 0 saturated heterocycles. The highest BCUT2D eigenvalue weighted by molar-refractivity contribution is 5.93. The Bertz CT molecular complexity index is 511. The number of carbonyl (C=O) groups is 1. The second kappa shape index (κ2) is 5.34. The highest BCUT2D eigenvalue weighted by Gasteiger charge is 2.17. The van der Waals surface area contributed by atoms with Gasteiger partial charge in [-0.25, -0.2) is 4.39 Å². The zero-order chi connectivity index (χ0) is 12.1. The molecule has 2 nitrogen and oxygen atoms in total. The van der Waals surface area contributed by atoms with Gasteiger partial charge in [-0.2, -0.15) is 4.57 Å². The molecule has 0 aliphatic rings. The van der Waals surface area contributed by atoms with Crippen LogP contribution in [0.3, 0.4) is 0 Å².